The highest BCUT2D eigenvalue weighted by atomic mass is 15.2. The van der Waals surface area contributed by atoms with E-state index in [1.165, 1.54) is 24.9 Å². The van der Waals surface area contributed by atoms with Crippen molar-refractivity contribution in [2.75, 3.05) is 13.1 Å². The molecule has 0 unspecified atom stereocenters. The first-order valence-electron chi connectivity index (χ1n) is 7.18. The molecule has 1 aromatic carbocycles. The van der Waals surface area contributed by atoms with Crippen LogP contribution in [0.3, 0.4) is 0 Å². The van der Waals surface area contributed by atoms with E-state index in [4.69, 9.17) is 5.73 Å². The molecule has 2 nitrogen and oxygen atoms in total. The first-order valence-corrected chi connectivity index (χ1v) is 7.18. The van der Waals surface area contributed by atoms with Crippen LogP contribution in [0, 0.1) is 5.92 Å². The monoisotopic (exact) mass is 246 g/mol. The molecule has 0 bridgehead atoms. The molecule has 0 aliphatic heterocycles. The zero-order chi connectivity index (χ0) is 13.0. The van der Waals surface area contributed by atoms with Crippen molar-refractivity contribution in [2.45, 2.75) is 45.2 Å². The lowest BCUT2D eigenvalue weighted by molar-refractivity contribution is 0.199. The van der Waals surface area contributed by atoms with E-state index in [9.17, 15) is 0 Å². The van der Waals surface area contributed by atoms with Crippen LogP contribution in [-0.2, 0) is 6.42 Å². The summed E-state index contributed by atoms with van der Waals surface area (Å²) in [5, 5.41) is 0. The van der Waals surface area contributed by atoms with E-state index in [1.54, 1.807) is 0 Å². The molecule has 0 radical (unpaired) electrons. The third kappa shape index (κ3) is 4.43. The van der Waals surface area contributed by atoms with Gasteiger partial charge in [-0.05, 0) is 44.6 Å². The molecular weight excluding hydrogens is 220 g/mol. The van der Waals surface area contributed by atoms with Gasteiger partial charge in [-0.15, -0.1) is 0 Å². The van der Waals surface area contributed by atoms with Crippen LogP contribution >= 0.6 is 0 Å². The van der Waals surface area contributed by atoms with Gasteiger partial charge in [0.25, 0.3) is 0 Å². The van der Waals surface area contributed by atoms with Crippen LogP contribution in [0.5, 0.6) is 0 Å². The van der Waals surface area contributed by atoms with Gasteiger partial charge in [0, 0.05) is 25.2 Å². The second-order valence-corrected chi connectivity index (χ2v) is 5.94. The summed E-state index contributed by atoms with van der Waals surface area (Å²) in [6, 6.07) is 11.4. The molecule has 0 heterocycles. The van der Waals surface area contributed by atoms with E-state index < -0.39 is 0 Å². The number of hydrogen-bond donors (Lipinski definition) is 1. The van der Waals surface area contributed by atoms with E-state index in [-0.39, 0.29) is 6.04 Å². The summed E-state index contributed by atoms with van der Waals surface area (Å²) in [4.78, 5) is 2.55. The minimum absolute atomic E-state index is 0.244. The molecule has 1 aromatic rings. The van der Waals surface area contributed by atoms with Crippen molar-refractivity contribution >= 4 is 0 Å². The maximum absolute atomic E-state index is 6.30. The molecule has 2 N–H and O–H groups in total. The fourth-order valence-corrected chi connectivity index (χ4v) is 2.41. The summed E-state index contributed by atoms with van der Waals surface area (Å²) in [5.41, 5.74) is 7.65. The van der Waals surface area contributed by atoms with Crippen molar-refractivity contribution in [2.24, 2.45) is 11.7 Å². The van der Waals surface area contributed by atoms with E-state index >= 15 is 0 Å². The Morgan fingerprint density at radius 2 is 1.89 bits per heavy atom. The zero-order valence-corrected chi connectivity index (χ0v) is 11.7. The second kappa shape index (κ2) is 6.35. The summed E-state index contributed by atoms with van der Waals surface area (Å²) in [6.45, 7) is 6.80. The van der Waals surface area contributed by atoms with E-state index in [1.807, 2.05) is 0 Å². The molecule has 1 fully saturated rings. The average molecular weight is 246 g/mol. The van der Waals surface area contributed by atoms with Gasteiger partial charge in [0.05, 0.1) is 0 Å². The van der Waals surface area contributed by atoms with Crippen LogP contribution in [0.4, 0.5) is 0 Å². The molecule has 1 atom stereocenters. The second-order valence-electron chi connectivity index (χ2n) is 5.94. The molecule has 1 aliphatic rings. The van der Waals surface area contributed by atoms with Crippen molar-refractivity contribution in [1.29, 1.82) is 0 Å². The van der Waals surface area contributed by atoms with Crippen LogP contribution in [0.25, 0.3) is 0 Å². The molecular formula is C16H26N2. The summed E-state index contributed by atoms with van der Waals surface area (Å²) in [5.74, 6) is 0.941. The lowest BCUT2D eigenvalue weighted by Gasteiger charge is -2.29. The summed E-state index contributed by atoms with van der Waals surface area (Å²) in [7, 11) is 0. The molecule has 2 heteroatoms. The average Bonchev–Trinajstić information content (AvgIpc) is 3.13. The van der Waals surface area contributed by atoms with Crippen LogP contribution in [0.15, 0.2) is 30.3 Å². The Labute approximate surface area is 111 Å². The Bertz CT molecular complexity index is 343. The van der Waals surface area contributed by atoms with Gasteiger partial charge >= 0.3 is 0 Å². The largest absolute Gasteiger partial charge is 0.326 e. The van der Waals surface area contributed by atoms with Crippen LogP contribution in [0.2, 0.25) is 0 Å². The van der Waals surface area contributed by atoms with Gasteiger partial charge in [0.15, 0.2) is 0 Å². The van der Waals surface area contributed by atoms with E-state index in [0.717, 1.165) is 18.9 Å². The van der Waals surface area contributed by atoms with E-state index in [0.29, 0.717) is 6.04 Å². The quantitative estimate of drug-likeness (QED) is 0.801. The van der Waals surface area contributed by atoms with Gasteiger partial charge in [-0.2, -0.15) is 0 Å². The van der Waals surface area contributed by atoms with Crippen LogP contribution < -0.4 is 5.73 Å². The first kappa shape index (κ1) is 13.6. The minimum atomic E-state index is 0.244. The third-order valence-corrected chi connectivity index (χ3v) is 3.73. The normalized spacial score (nSPS) is 17.4. The minimum Gasteiger partial charge on any atom is -0.326 e. The summed E-state index contributed by atoms with van der Waals surface area (Å²) in [6.07, 6.45) is 3.81. The Hall–Kier alpha value is -0.860. The lowest BCUT2D eigenvalue weighted by atomic mass is 10.1. The van der Waals surface area contributed by atoms with Crippen molar-refractivity contribution in [1.82, 2.24) is 4.90 Å². The molecule has 0 spiro atoms. The highest BCUT2D eigenvalue weighted by Gasteiger charge is 2.26. The Balaban J connectivity index is 1.82. The maximum Gasteiger partial charge on any atom is 0.0208 e. The number of benzene rings is 1. The van der Waals surface area contributed by atoms with Crippen LogP contribution in [0.1, 0.15) is 32.3 Å². The van der Waals surface area contributed by atoms with Crippen molar-refractivity contribution < 1.29 is 0 Å². The predicted molar refractivity (Wildman–Crippen MR) is 77.6 cm³/mol. The fourth-order valence-electron chi connectivity index (χ4n) is 2.41. The number of nitrogens with zero attached hydrogens (tertiary/aromatic N) is 1. The molecule has 0 amide bonds. The number of nitrogens with two attached hydrogens (primary N) is 1. The van der Waals surface area contributed by atoms with Crippen molar-refractivity contribution in [3.05, 3.63) is 35.9 Å². The highest BCUT2D eigenvalue weighted by molar-refractivity contribution is 5.15. The molecule has 18 heavy (non-hydrogen) atoms. The zero-order valence-electron chi connectivity index (χ0n) is 11.7. The van der Waals surface area contributed by atoms with Gasteiger partial charge in [-0.25, -0.2) is 0 Å². The van der Waals surface area contributed by atoms with Gasteiger partial charge in [-0.1, -0.05) is 30.3 Å². The van der Waals surface area contributed by atoms with Gasteiger partial charge < -0.3 is 5.73 Å². The molecule has 0 saturated heterocycles. The highest BCUT2D eigenvalue weighted by Crippen LogP contribution is 2.30. The Kier molecular flexibility index (Phi) is 4.79. The first-order chi connectivity index (χ1) is 8.65. The number of rotatable bonds is 7. The number of hydrogen-bond acceptors (Lipinski definition) is 2. The Morgan fingerprint density at radius 3 is 2.44 bits per heavy atom. The maximum atomic E-state index is 6.30. The van der Waals surface area contributed by atoms with Gasteiger partial charge in [0.2, 0.25) is 0 Å². The molecule has 100 valence electrons. The molecule has 1 aliphatic carbocycles. The molecule has 1 saturated carbocycles. The van der Waals surface area contributed by atoms with Crippen molar-refractivity contribution in [3.63, 3.8) is 0 Å². The topological polar surface area (TPSA) is 29.3 Å². The predicted octanol–water partition coefficient (Wildman–Crippen LogP) is 2.68. The Morgan fingerprint density at radius 1 is 1.22 bits per heavy atom. The van der Waals surface area contributed by atoms with E-state index in [2.05, 4.69) is 49.1 Å². The fraction of sp³-hybridized carbons (Fsp3) is 0.625. The van der Waals surface area contributed by atoms with Crippen molar-refractivity contribution in [3.8, 4) is 0 Å². The smallest absolute Gasteiger partial charge is 0.0208 e. The summed E-state index contributed by atoms with van der Waals surface area (Å²) < 4.78 is 0. The third-order valence-electron chi connectivity index (χ3n) is 3.73. The molecule has 2 rings (SSSR count). The SMILES string of the molecule is CC(C)N(CC1CC1)C[C@H](N)Cc1ccccc1. The van der Waals surface area contributed by atoms with Crippen LogP contribution in [-0.4, -0.2) is 30.1 Å². The van der Waals surface area contributed by atoms with Gasteiger partial charge in [0.1, 0.15) is 0 Å². The summed E-state index contributed by atoms with van der Waals surface area (Å²) >= 11 is 0. The lowest BCUT2D eigenvalue weighted by Crippen LogP contribution is -2.43. The standard InChI is InChI=1S/C16H26N2/c1-13(2)18(11-15-8-9-15)12-16(17)10-14-6-4-3-5-7-14/h3-7,13,15-16H,8-12,17H2,1-2H3/t16-/m1/s1. The molecule has 0 aromatic heterocycles. The van der Waals surface area contributed by atoms with Gasteiger partial charge in [-0.3, -0.25) is 4.90 Å².